The largest absolute Gasteiger partial charge is 0.256 e. The predicted molar refractivity (Wildman–Crippen MR) is 81.4 cm³/mol. The summed E-state index contributed by atoms with van der Waals surface area (Å²) >= 11 is 0. The molecule has 0 fully saturated rings. The Bertz CT molecular complexity index is 779. The van der Waals surface area contributed by atoms with E-state index in [-0.39, 0.29) is 0 Å². The number of aromatic nitrogens is 2. The first-order valence-electron chi connectivity index (χ1n) is 6.18. The molecule has 1 atom stereocenters. The van der Waals surface area contributed by atoms with E-state index < -0.39 is 10.8 Å². The molecule has 0 aliphatic carbocycles. The maximum atomic E-state index is 12.1. The highest BCUT2D eigenvalue weighted by Gasteiger charge is 2.01. The number of hydrogen-bond donors (Lipinski definition) is 0. The third-order valence-electron chi connectivity index (χ3n) is 2.90. The van der Waals surface area contributed by atoms with Crippen molar-refractivity contribution < 1.29 is 4.21 Å². The predicted octanol–water partition coefficient (Wildman–Crippen LogP) is 3.41. The fourth-order valence-corrected chi connectivity index (χ4v) is 2.72. The van der Waals surface area contributed by atoms with Gasteiger partial charge in [0.2, 0.25) is 0 Å². The van der Waals surface area contributed by atoms with Gasteiger partial charge in [-0.05, 0) is 35.9 Å². The molecule has 20 heavy (non-hydrogen) atoms. The fraction of sp³-hybridized carbons (Fsp3) is 0. The van der Waals surface area contributed by atoms with Crippen molar-refractivity contribution in [1.82, 2.24) is 9.97 Å². The van der Waals surface area contributed by atoms with E-state index in [4.69, 9.17) is 0 Å². The third kappa shape index (κ3) is 2.65. The first-order chi connectivity index (χ1) is 9.84. The van der Waals surface area contributed by atoms with Crippen molar-refractivity contribution in [2.75, 3.05) is 0 Å². The molecule has 3 rings (SSSR count). The molecule has 0 saturated carbocycles. The van der Waals surface area contributed by atoms with Gasteiger partial charge >= 0.3 is 0 Å². The van der Waals surface area contributed by atoms with Crippen LogP contribution in [0.25, 0.3) is 17.0 Å². The Balaban J connectivity index is 1.94. The van der Waals surface area contributed by atoms with Crippen LogP contribution in [0.4, 0.5) is 0 Å². The summed E-state index contributed by atoms with van der Waals surface area (Å²) in [6, 6.07) is 15.2. The molecule has 0 aliphatic heterocycles. The lowest BCUT2D eigenvalue weighted by Crippen LogP contribution is -1.89. The quantitative estimate of drug-likeness (QED) is 0.738. The van der Waals surface area contributed by atoms with E-state index in [1.165, 1.54) is 0 Å². The van der Waals surface area contributed by atoms with Crippen molar-refractivity contribution in [3.63, 3.8) is 0 Å². The Hall–Kier alpha value is -2.33. The maximum Gasteiger partial charge on any atom is 0.131 e. The number of benzene rings is 1. The highest BCUT2D eigenvalue weighted by Crippen LogP contribution is 2.18. The third-order valence-corrected chi connectivity index (χ3v) is 3.93. The Morgan fingerprint density at radius 1 is 0.900 bits per heavy atom. The van der Waals surface area contributed by atoms with Gasteiger partial charge in [-0.15, -0.1) is 0 Å². The van der Waals surface area contributed by atoms with E-state index in [9.17, 15) is 4.21 Å². The zero-order chi connectivity index (χ0) is 13.8. The van der Waals surface area contributed by atoms with Crippen molar-refractivity contribution in [2.24, 2.45) is 0 Å². The lowest BCUT2D eigenvalue weighted by atomic mass is 10.1. The van der Waals surface area contributed by atoms with Gasteiger partial charge in [0.25, 0.3) is 0 Å². The van der Waals surface area contributed by atoms with Crippen molar-refractivity contribution in [1.29, 1.82) is 0 Å². The second kappa shape index (κ2) is 5.75. The van der Waals surface area contributed by atoms with Gasteiger partial charge < -0.3 is 0 Å². The average molecular weight is 280 g/mol. The van der Waals surface area contributed by atoms with E-state index in [1.54, 1.807) is 29.9 Å². The number of hydrogen-bond acceptors (Lipinski definition) is 3. The lowest BCUT2D eigenvalue weighted by Gasteiger charge is -2.00. The summed E-state index contributed by atoms with van der Waals surface area (Å²) in [4.78, 5) is 8.39. The number of pyridine rings is 2. The summed E-state index contributed by atoms with van der Waals surface area (Å²) < 4.78 is 12.1. The van der Waals surface area contributed by atoms with Crippen LogP contribution in [-0.4, -0.2) is 14.2 Å². The highest BCUT2D eigenvalue weighted by molar-refractivity contribution is 7.88. The molecule has 1 aromatic carbocycles. The van der Waals surface area contributed by atoms with Crippen molar-refractivity contribution >= 4 is 27.8 Å². The first kappa shape index (κ1) is 12.7. The minimum absolute atomic E-state index is 0.558. The molecule has 2 aromatic heterocycles. The summed E-state index contributed by atoms with van der Waals surface area (Å²) in [7, 11) is -1.24. The van der Waals surface area contributed by atoms with Gasteiger partial charge in [-0.25, -0.2) is 9.19 Å². The van der Waals surface area contributed by atoms with E-state index in [0.29, 0.717) is 5.03 Å². The van der Waals surface area contributed by atoms with E-state index >= 15 is 0 Å². The summed E-state index contributed by atoms with van der Waals surface area (Å²) in [6.07, 6.45) is 5.25. The van der Waals surface area contributed by atoms with Crippen LogP contribution >= 0.6 is 0 Å². The monoisotopic (exact) mass is 280 g/mol. The Labute approximate surface area is 119 Å². The molecule has 2 heterocycles. The Morgan fingerprint density at radius 3 is 2.60 bits per heavy atom. The Kier molecular flexibility index (Phi) is 3.65. The van der Waals surface area contributed by atoms with Crippen LogP contribution in [0, 0.1) is 0 Å². The van der Waals surface area contributed by atoms with E-state index in [0.717, 1.165) is 16.5 Å². The molecule has 3 aromatic rings. The normalized spacial score (nSPS) is 12.8. The second-order valence-corrected chi connectivity index (χ2v) is 5.47. The van der Waals surface area contributed by atoms with Gasteiger partial charge in [0, 0.05) is 23.2 Å². The molecule has 4 heteroatoms. The molecule has 0 saturated heterocycles. The number of fused-ring (bicyclic) bond motifs is 1. The summed E-state index contributed by atoms with van der Waals surface area (Å²) in [5, 5.41) is 3.26. The standard InChI is InChI=1S/C16H12N2OS/c19-20(16-7-3-4-10-18-16)12-9-13-8-11-17-15-6-2-1-5-14(13)15/h1-12H/b12-9-. The van der Waals surface area contributed by atoms with Gasteiger partial charge in [-0.2, -0.15) is 0 Å². The molecular formula is C16H12N2OS. The molecule has 0 radical (unpaired) electrons. The van der Waals surface area contributed by atoms with Gasteiger partial charge in [-0.3, -0.25) is 4.98 Å². The zero-order valence-corrected chi connectivity index (χ0v) is 11.5. The lowest BCUT2D eigenvalue weighted by molar-refractivity contribution is 0.686. The molecule has 0 spiro atoms. The molecular weight excluding hydrogens is 268 g/mol. The average Bonchev–Trinajstić information content (AvgIpc) is 2.53. The smallest absolute Gasteiger partial charge is 0.131 e. The van der Waals surface area contributed by atoms with Crippen LogP contribution in [0.1, 0.15) is 5.56 Å². The van der Waals surface area contributed by atoms with Crippen LogP contribution in [0.3, 0.4) is 0 Å². The summed E-state index contributed by atoms with van der Waals surface area (Å²) in [5.74, 6) is 0. The van der Waals surface area contributed by atoms with Crippen LogP contribution in [0.5, 0.6) is 0 Å². The summed E-state index contributed by atoms with van der Waals surface area (Å²) in [5.41, 5.74) is 1.93. The van der Waals surface area contributed by atoms with Gasteiger partial charge in [-0.1, -0.05) is 24.3 Å². The molecule has 0 aliphatic rings. The minimum Gasteiger partial charge on any atom is -0.256 e. The zero-order valence-electron chi connectivity index (χ0n) is 10.6. The van der Waals surface area contributed by atoms with E-state index in [1.807, 2.05) is 42.5 Å². The minimum atomic E-state index is -1.24. The van der Waals surface area contributed by atoms with Crippen molar-refractivity contribution in [2.45, 2.75) is 5.03 Å². The van der Waals surface area contributed by atoms with Gasteiger partial charge in [0.15, 0.2) is 0 Å². The van der Waals surface area contributed by atoms with Crippen molar-refractivity contribution in [3.8, 4) is 0 Å². The van der Waals surface area contributed by atoms with Crippen LogP contribution < -0.4 is 0 Å². The van der Waals surface area contributed by atoms with Gasteiger partial charge in [0.05, 0.1) is 16.3 Å². The van der Waals surface area contributed by atoms with Crippen molar-refractivity contribution in [3.05, 3.63) is 71.9 Å². The number of para-hydroxylation sites is 1. The summed E-state index contributed by atoms with van der Waals surface area (Å²) in [6.45, 7) is 0. The van der Waals surface area contributed by atoms with E-state index in [2.05, 4.69) is 9.97 Å². The number of rotatable bonds is 3. The van der Waals surface area contributed by atoms with Crippen LogP contribution in [0.15, 0.2) is 71.4 Å². The van der Waals surface area contributed by atoms with Gasteiger partial charge in [0.1, 0.15) is 5.03 Å². The molecule has 0 N–H and O–H groups in total. The number of nitrogens with zero attached hydrogens (tertiary/aromatic N) is 2. The van der Waals surface area contributed by atoms with Crippen LogP contribution in [0.2, 0.25) is 0 Å². The highest BCUT2D eigenvalue weighted by atomic mass is 32.2. The molecule has 98 valence electrons. The second-order valence-electron chi connectivity index (χ2n) is 4.19. The maximum absolute atomic E-state index is 12.1. The molecule has 3 nitrogen and oxygen atoms in total. The molecule has 0 bridgehead atoms. The molecule has 0 amide bonds. The Morgan fingerprint density at radius 2 is 1.75 bits per heavy atom. The SMILES string of the molecule is O=S(/C=C\c1ccnc2ccccc12)c1ccccn1. The fourth-order valence-electron chi connectivity index (χ4n) is 1.93. The molecule has 1 unspecified atom stereocenters. The first-order valence-corrected chi connectivity index (χ1v) is 7.39. The van der Waals surface area contributed by atoms with Crippen LogP contribution in [-0.2, 0) is 10.8 Å². The topological polar surface area (TPSA) is 42.9 Å².